The van der Waals surface area contributed by atoms with Gasteiger partial charge in [-0.15, -0.1) is 0 Å². The van der Waals surface area contributed by atoms with Gasteiger partial charge in [0, 0.05) is 41.9 Å². The molecule has 0 fully saturated rings. The van der Waals surface area contributed by atoms with E-state index < -0.39 is 35.5 Å². The Kier molecular flexibility index (Phi) is 14.9. The minimum atomic E-state index is -0.897. The van der Waals surface area contributed by atoms with Gasteiger partial charge < -0.3 is 25.8 Å². The first-order valence-corrected chi connectivity index (χ1v) is 13.9. The van der Waals surface area contributed by atoms with Gasteiger partial charge in [0.1, 0.15) is 18.2 Å². The summed E-state index contributed by atoms with van der Waals surface area (Å²) in [6.07, 6.45) is 15.0. The number of carbonyl (C=O) groups is 4. The Morgan fingerprint density at radius 1 is 1.20 bits per heavy atom. The highest BCUT2D eigenvalue weighted by Crippen LogP contribution is 2.22. The van der Waals surface area contributed by atoms with Crippen LogP contribution in [0.5, 0.6) is 0 Å². The molecule has 1 heterocycles. The summed E-state index contributed by atoms with van der Waals surface area (Å²) in [5, 5.41) is 5.99. The van der Waals surface area contributed by atoms with Crippen molar-refractivity contribution in [3.05, 3.63) is 71.0 Å². The third-order valence-electron chi connectivity index (χ3n) is 6.17. The number of rotatable bonds is 13. The number of ether oxygens (including phenoxy) is 2. The molecule has 3 amide bonds. The monoisotopic (exact) mass is 589 g/mol. The fourth-order valence-corrected chi connectivity index (χ4v) is 3.95. The van der Waals surface area contributed by atoms with E-state index in [1.807, 2.05) is 52.8 Å². The van der Waals surface area contributed by atoms with Gasteiger partial charge in [-0.25, -0.2) is 9.59 Å². The number of hydrogen-bond acceptors (Lipinski definition) is 6. The molecule has 10 heteroatoms. The number of cyclic esters (lactones) is 1. The number of carbonyl (C=O) groups excluding carboxylic acids is 4. The van der Waals surface area contributed by atoms with Crippen molar-refractivity contribution in [3.8, 4) is 0 Å². The number of nitrogens with one attached hydrogen (secondary N) is 2. The molecule has 0 saturated heterocycles. The molecule has 1 rings (SSSR count). The second-order valence-corrected chi connectivity index (χ2v) is 11.7. The Morgan fingerprint density at radius 3 is 2.44 bits per heavy atom. The molecule has 0 spiro atoms. The molecule has 1 aliphatic rings. The second kappa shape index (κ2) is 17.3. The van der Waals surface area contributed by atoms with Crippen LogP contribution in [-0.4, -0.2) is 42.1 Å². The number of amides is 3. The number of hydrogen-bond donors (Lipinski definition) is 3. The standard InChI is InChI=1S/C31H44ClN3O6/c1-20(19-22(3)25-17-14-21(2)29(38)41-25)11-8-9-13-26(36)35-27(31(5,6)7)28(37)34-18-10-12-24(40-30(33)39)16-15-23(4)32/h8-11,13-15,18-19,22,24-25,27H,12,16-17H2,1-7H3,(H2,33,39)(H,34,37)(H,35,36)/b11-8+,13-9+,18-10-,20-19+,23-15+. The van der Waals surface area contributed by atoms with Crippen LogP contribution >= 0.6 is 11.6 Å². The summed E-state index contributed by atoms with van der Waals surface area (Å²) >= 11 is 5.84. The summed E-state index contributed by atoms with van der Waals surface area (Å²) in [4.78, 5) is 48.3. The maximum absolute atomic E-state index is 12.9. The van der Waals surface area contributed by atoms with Crippen LogP contribution < -0.4 is 16.4 Å². The Labute approximate surface area is 248 Å². The van der Waals surface area contributed by atoms with Gasteiger partial charge in [0.15, 0.2) is 0 Å². The Hall–Kier alpha value is -3.59. The van der Waals surface area contributed by atoms with E-state index in [1.165, 1.54) is 12.3 Å². The van der Waals surface area contributed by atoms with Gasteiger partial charge in [-0.3, -0.25) is 9.59 Å². The van der Waals surface area contributed by atoms with Crippen molar-refractivity contribution in [1.82, 2.24) is 10.6 Å². The predicted molar refractivity (Wildman–Crippen MR) is 161 cm³/mol. The molecule has 4 atom stereocenters. The molecule has 0 aromatic heterocycles. The second-order valence-electron chi connectivity index (χ2n) is 11.1. The average Bonchev–Trinajstić information content (AvgIpc) is 2.86. The first kappa shape index (κ1) is 35.4. The van der Waals surface area contributed by atoms with Crippen molar-refractivity contribution < 1.29 is 28.7 Å². The highest BCUT2D eigenvalue weighted by atomic mass is 35.5. The molecule has 1 aliphatic heterocycles. The van der Waals surface area contributed by atoms with Crippen molar-refractivity contribution in [3.63, 3.8) is 0 Å². The quantitative estimate of drug-likeness (QED) is 0.148. The third kappa shape index (κ3) is 14.6. The van der Waals surface area contributed by atoms with E-state index in [2.05, 4.69) is 10.6 Å². The number of esters is 1. The fraction of sp³-hybridized carbons (Fsp3) is 0.484. The van der Waals surface area contributed by atoms with Crippen molar-refractivity contribution >= 4 is 35.5 Å². The van der Waals surface area contributed by atoms with Crippen LogP contribution in [-0.2, 0) is 23.9 Å². The van der Waals surface area contributed by atoms with Crippen molar-refractivity contribution in [2.24, 2.45) is 17.1 Å². The van der Waals surface area contributed by atoms with Gasteiger partial charge in [-0.05, 0) is 32.4 Å². The van der Waals surface area contributed by atoms with E-state index in [1.54, 1.807) is 38.2 Å². The van der Waals surface area contributed by atoms with E-state index >= 15 is 0 Å². The largest absolute Gasteiger partial charge is 0.458 e. The molecule has 0 aliphatic carbocycles. The molecule has 9 nitrogen and oxygen atoms in total. The molecule has 0 saturated carbocycles. The van der Waals surface area contributed by atoms with Gasteiger partial charge in [0.25, 0.3) is 0 Å². The zero-order valence-corrected chi connectivity index (χ0v) is 25.8. The lowest BCUT2D eigenvalue weighted by atomic mass is 9.86. The maximum Gasteiger partial charge on any atom is 0.404 e. The summed E-state index contributed by atoms with van der Waals surface area (Å²) in [7, 11) is 0. The lowest BCUT2D eigenvalue weighted by Gasteiger charge is -2.29. The SMILES string of the molecule is CC1=CCC(C(C)/C=C(C)/C=C/C=C/C(=O)NC(C(=O)N/C=C\CC(C/C=C(\C)Cl)OC(N)=O)C(C)(C)C)OC1=O. The molecule has 0 aromatic carbocycles. The Balaban J connectivity index is 2.70. The summed E-state index contributed by atoms with van der Waals surface area (Å²) in [6.45, 7) is 12.9. The Morgan fingerprint density at radius 2 is 1.85 bits per heavy atom. The molecule has 0 aromatic rings. The first-order valence-electron chi connectivity index (χ1n) is 13.5. The van der Waals surface area contributed by atoms with Crippen LogP contribution in [0.1, 0.15) is 67.7 Å². The lowest BCUT2D eigenvalue weighted by molar-refractivity contribution is -0.147. The maximum atomic E-state index is 12.9. The molecular weight excluding hydrogens is 546 g/mol. The van der Waals surface area contributed by atoms with Gasteiger partial charge in [0.05, 0.1) is 0 Å². The highest BCUT2D eigenvalue weighted by Gasteiger charge is 2.32. The van der Waals surface area contributed by atoms with Crippen LogP contribution in [0.25, 0.3) is 0 Å². The van der Waals surface area contributed by atoms with Crippen molar-refractivity contribution in [2.75, 3.05) is 0 Å². The van der Waals surface area contributed by atoms with E-state index in [0.717, 1.165) is 5.57 Å². The summed E-state index contributed by atoms with van der Waals surface area (Å²) in [5.41, 5.74) is 6.15. The molecule has 41 heavy (non-hydrogen) atoms. The summed E-state index contributed by atoms with van der Waals surface area (Å²) < 4.78 is 10.5. The van der Waals surface area contributed by atoms with Gasteiger partial charge in [-0.1, -0.05) is 87.4 Å². The first-order chi connectivity index (χ1) is 19.1. The van der Waals surface area contributed by atoms with E-state index in [0.29, 0.717) is 29.9 Å². The van der Waals surface area contributed by atoms with E-state index in [4.69, 9.17) is 26.8 Å². The minimum Gasteiger partial charge on any atom is -0.458 e. The molecule has 4 N–H and O–H groups in total. The number of nitrogens with two attached hydrogens (primary N) is 1. The smallest absolute Gasteiger partial charge is 0.404 e. The van der Waals surface area contributed by atoms with Gasteiger partial charge >= 0.3 is 12.1 Å². The van der Waals surface area contributed by atoms with Crippen LogP contribution in [0.15, 0.2) is 71.0 Å². The van der Waals surface area contributed by atoms with Crippen LogP contribution in [0.2, 0.25) is 0 Å². The van der Waals surface area contributed by atoms with Gasteiger partial charge in [-0.2, -0.15) is 0 Å². The molecule has 4 unspecified atom stereocenters. The zero-order valence-electron chi connectivity index (χ0n) is 25.0. The Bertz CT molecular complexity index is 1120. The van der Waals surface area contributed by atoms with Crippen LogP contribution in [0.4, 0.5) is 4.79 Å². The average molecular weight is 590 g/mol. The summed E-state index contributed by atoms with van der Waals surface area (Å²) in [6, 6.07) is -0.814. The minimum absolute atomic E-state index is 0.0357. The zero-order chi connectivity index (χ0) is 31.2. The van der Waals surface area contributed by atoms with Crippen LogP contribution in [0.3, 0.4) is 0 Å². The van der Waals surface area contributed by atoms with Crippen LogP contribution in [0, 0.1) is 11.3 Å². The fourth-order valence-electron chi connectivity index (χ4n) is 3.87. The lowest BCUT2D eigenvalue weighted by Crippen LogP contribution is -2.52. The van der Waals surface area contributed by atoms with Crippen molar-refractivity contribution in [1.29, 1.82) is 0 Å². The molecule has 226 valence electrons. The summed E-state index contributed by atoms with van der Waals surface area (Å²) in [5.74, 6) is -1.06. The van der Waals surface area contributed by atoms with Gasteiger partial charge in [0.2, 0.25) is 11.8 Å². The van der Waals surface area contributed by atoms with E-state index in [-0.39, 0.29) is 18.0 Å². The number of primary amides is 1. The third-order valence-corrected chi connectivity index (χ3v) is 6.32. The predicted octanol–water partition coefficient (Wildman–Crippen LogP) is 5.49. The molecule has 0 bridgehead atoms. The number of halogens is 1. The van der Waals surface area contributed by atoms with E-state index in [9.17, 15) is 19.2 Å². The molecule has 0 radical (unpaired) electrons. The topological polar surface area (TPSA) is 137 Å². The normalized spacial score (nSPS) is 19.1. The molecular formula is C31H44ClN3O6. The highest BCUT2D eigenvalue weighted by molar-refractivity contribution is 6.29. The number of allylic oxidation sites excluding steroid dienone is 5. The van der Waals surface area contributed by atoms with Crippen molar-refractivity contribution in [2.45, 2.75) is 86.0 Å².